The highest BCUT2D eigenvalue weighted by molar-refractivity contribution is 7.20. The van der Waals surface area contributed by atoms with E-state index in [4.69, 9.17) is 14.8 Å². The van der Waals surface area contributed by atoms with E-state index in [-0.39, 0.29) is 29.9 Å². The van der Waals surface area contributed by atoms with Crippen LogP contribution in [0.3, 0.4) is 0 Å². The highest BCUT2D eigenvalue weighted by Gasteiger charge is 2.30. The number of rotatable bonds is 7. The molecule has 0 spiro atoms. The fourth-order valence-corrected chi connectivity index (χ4v) is 5.24. The molecule has 1 aliphatic rings. The summed E-state index contributed by atoms with van der Waals surface area (Å²) in [5, 5.41) is 9.10. The van der Waals surface area contributed by atoms with Crippen molar-refractivity contribution in [2.24, 2.45) is 5.92 Å². The largest absolute Gasteiger partial charge is 0.466 e. The molecule has 4 rings (SSSR count). The molecule has 0 saturated carbocycles. The second-order valence-corrected chi connectivity index (χ2v) is 11.4. The Morgan fingerprint density at radius 1 is 1.31 bits per heavy atom. The number of benzene rings is 1. The summed E-state index contributed by atoms with van der Waals surface area (Å²) in [6.45, 7) is 11.8. The van der Waals surface area contributed by atoms with Crippen LogP contribution in [0.5, 0.6) is 0 Å². The molecule has 1 atom stereocenters. The zero-order valence-corrected chi connectivity index (χ0v) is 22.8. The van der Waals surface area contributed by atoms with E-state index in [9.17, 15) is 9.59 Å². The van der Waals surface area contributed by atoms with Crippen LogP contribution in [0.25, 0.3) is 16.2 Å². The number of carbonyl (C=O) groups is 2. The zero-order valence-electron chi connectivity index (χ0n) is 22.0. The third kappa shape index (κ3) is 5.80. The standard InChI is InChI=1S/C26H36N6O3S/c1-7-35-23(34)19-12-9-13-31(15-19)20(33)16-30(6)25-29-32-22(28-26(3,4)5)21(27-24(32)36-25)18-11-8-10-17(2)14-18/h8,10-11,14,19,28H,7,9,12-13,15-16H2,1-6H3. The van der Waals surface area contributed by atoms with Crippen molar-refractivity contribution in [2.45, 2.75) is 53.0 Å². The van der Waals surface area contributed by atoms with Crippen LogP contribution in [0.15, 0.2) is 24.3 Å². The fraction of sp³-hybridized carbons (Fsp3) is 0.538. The summed E-state index contributed by atoms with van der Waals surface area (Å²) in [5.74, 6) is 0.349. The molecular formula is C26H36N6O3S. The number of amides is 1. The van der Waals surface area contributed by atoms with Crippen molar-refractivity contribution < 1.29 is 14.3 Å². The number of likely N-dealkylation sites (N-methyl/N-ethyl adjacent to an activating group) is 1. The summed E-state index contributed by atoms with van der Waals surface area (Å²) >= 11 is 1.45. The van der Waals surface area contributed by atoms with Crippen molar-refractivity contribution in [1.82, 2.24) is 19.5 Å². The molecule has 36 heavy (non-hydrogen) atoms. The third-order valence-electron chi connectivity index (χ3n) is 6.07. The van der Waals surface area contributed by atoms with Gasteiger partial charge in [0.15, 0.2) is 5.82 Å². The first kappa shape index (κ1) is 25.9. The van der Waals surface area contributed by atoms with Crippen LogP contribution in [0.1, 0.15) is 46.1 Å². The molecule has 2 aromatic heterocycles. The number of fused-ring (bicyclic) bond motifs is 1. The lowest BCUT2D eigenvalue weighted by atomic mass is 9.98. The first-order valence-corrected chi connectivity index (χ1v) is 13.3. The zero-order chi connectivity index (χ0) is 26.0. The SMILES string of the molecule is CCOC(=O)C1CCCN(C(=O)CN(C)c2nn3c(NC(C)(C)C)c(-c4cccc(C)c4)nc3s2)C1. The number of piperidine rings is 1. The Hall–Kier alpha value is -3.14. The number of esters is 1. The maximum Gasteiger partial charge on any atom is 0.310 e. The van der Waals surface area contributed by atoms with E-state index in [1.807, 2.05) is 22.5 Å². The van der Waals surface area contributed by atoms with E-state index in [0.717, 1.165) is 34.9 Å². The van der Waals surface area contributed by atoms with E-state index in [1.54, 1.807) is 11.8 Å². The van der Waals surface area contributed by atoms with Gasteiger partial charge in [-0.2, -0.15) is 4.52 Å². The number of nitrogens with one attached hydrogen (secondary N) is 1. The minimum Gasteiger partial charge on any atom is -0.466 e. The number of hydrogen-bond acceptors (Lipinski definition) is 8. The van der Waals surface area contributed by atoms with Gasteiger partial charge in [0.05, 0.1) is 19.1 Å². The molecule has 194 valence electrons. The lowest BCUT2D eigenvalue weighted by Gasteiger charge is -2.32. The first-order valence-electron chi connectivity index (χ1n) is 12.5. The summed E-state index contributed by atoms with van der Waals surface area (Å²) in [6.07, 6.45) is 1.56. The molecule has 9 nitrogen and oxygen atoms in total. The molecule has 10 heteroatoms. The normalized spacial score (nSPS) is 16.3. The molecule has 1 N–H and O–H groups in total. The summed E-state index contributed by atoms with van der Waals surface area (Å²) < 4.78 is 7.00. The number of hydrogen-bond donors (Lipinski definition) is 1. The van der Waals surface area contributed by atoms with E-state index in [0.29, 0.717) is 24.8 Å². The van der Waals surface area contributed by atoms with Gasteiger partial charge in [0.25, 0.3) is 0 Å². The highest BCUT2D eigenvalue weighted by atomic mass is 32.1. The Morgan fingerprint density at radius 2 is 2.08 bits per heavy atom. The van der Waals surface area contributed by atoms with Gasteiger partial charge in [-0.3, -0.25) is 9.59 Å². The summed E-state index contributed by atoms with van der Waals surface area (Å²) in [4.78, 5) is 34.5. The molecule has 3 aromatic rings. The Labute approximate surface area is 216 Å². The van der Waals surface area contributed by atoms with Crippen molar-refractivity contribution in [3.05, 3.63) is 29.8 Å². The molecule has 3 heterocycles. The summed E-state index contributed by atoms with van der Waals surface area (Å²) in [5.41, 5.74) is 2.87. The van der Waals surface area contributed by atoms with Gasteiger partial charge >= 0.3 is 5.97 Å². The third-order valence-corrected chi connectivity index (χ3v) is 7.09. The molecule has 0 bridgehead atoms. The molecule has 1 amide bonds. The molecule has 0 aliphatic carbocycles. The van der Waals surface area contributed by atoms with Gasteiger partial charge < -0.3 is 19.9 Å². The van der Waals surface area contributed by atoms with Gasteiger partial charge in [0.2, 0.25) is 16.0 Å². The highest BCUT2D eigenvalue weighted by Crippen LogP contribution is 2.35. The number of anilines is 2. The number of nitrogens with zero attached hydrogens (tertiary/aromatic N) is 5. The van der Waals surface area contributed by atoms with Crippen LogP contribution in [-0.4, -0.2) is 70.2 Å². The molecule has 1 fully saturated rings. The molecular weight excluding hydrogens is 476 g/mol. The average Bonchev–Trinajstić information content (AvgIpc) is 3.38. The van der Waals surface area contributed by atoms with Crippen LogP contribution in [0.2, 0.25) is 0 Å². The van der Waals surface area contributed by atoms with Crippen molar-refractivity contribution in [2.75, 3.05) is 43.5 Å². The Morgan fingerprint density at radius 3 is 2.78 bits per heavy atom. The number of ether oxygens (including phenoxy) is 1. The smallest absolute Gasteiger partial charge is 0.310 e. The Kier molecular flexibility index (Phi) is 7.54. The van der Waals surface area contributed by atoms with E-state index in [1.165, 1.54) is 16.9 Å². The van der Waals surface area contributed by atoms with Gasteiger partial charge in [-0.05, 0) is 53.5 Å². The molecule has 1 aromatic carbocycles. The van der Waals surface area contributed by atoms with Gasteiger partial charge in [0.1, 0.15) is 5.69 Å². The van der Waals surface area contributed by atoms with E-state index >= 15 is 0 Å². The van der Waals surface area contributed by atoms with E-state index < -0.39 is 0 Å². The molecule has 1 aliphatic heterocycles. The minimum absolute atomic E-state index is 0.0205. The lowest BCUT2D eigenvalue weighted by Crippen LogP contribution is -2.46. The summed E-state index contributed by atoms with van der Waals surface area (Å²) in [6, 6.07) is 8.28. The number of imidazole rings is 1. The average molecular weight is 513 g/mol. The van der Waals surface area contributed by atoms with Crippen molar-refractivity contribution in [1.29, 1.82) is 0 Å². The summed E-state index contributed by atoms with van der Waals surface area (Å²) in [7, 11) is 1.86. The van der Waals surface area contributed by atoms with Crippen LogP contribution in [-0.2, 0) is 14.3 Å². The Balaban J connectivity index is 1.54. The molecule has 1 unspecified atom stereocenters. The predicted molar refractivity (Wildman–Crippen MR) is 144 cm³/mol. The number of aryl methyl sites for hydroxylation is 1. The number of carbonyl (C=O) groups excluding carboxylic acids is 2. The first-order chi connectivity index (χ1) is 17.1. The van der Waals surface area contributed by atoms with Crippen molar-refractivity contribution >= 4 is 39.1 Å². The van der Waals surface area contributed by atoms with Crippen LogP contribution < -0.4 is 10.2 Å². The second-order valence-electron chi connectivity index (χ2n) is 10.4. The molecule has 1 saturated heterocycles. The van der Waals surface area contributed by atoms with Gasteiger partial charge in [-0.1, -0.05) is 35.1 Å². The topological polar surface area (TPSA) is 92.1 Å². The quantitative estimate of drug-likeness (QED) is 0.474. The van der Waals surface area contributed by atoms with Crippen LogP contribution in [0.4, 0.5) is 10.9 Å². The van der Waals surface area contributed by atoms with Gasteiger partial charge in [-0.25, -0.2) is 4.98 Å². The predicted octanol–water partition coefficient (Wildman–Crippen LogP) is 4.21. The maximum absolute atomic E-state index is 13.1. The maximum atomic E-state index is 13.1. The minimum atomic E-state index is -0.248. The van der Waals surface area contributed by atoms with Gasteiger partial charge in [0, 0.05) is 31.2 Å². The number of likely N-dealkylation sites (tertiary alicyclic amines) is 1. The number of aromatic nitrogens is 3. The second kappa shape index (κ2) is 10.5. The van der Waals surface area contributed by atoms with Crippen molar-refractivity contribution in [3.63, 3.8) is 0 Å². The van der Waals surface area contributed by atoms with Crippen LogP contribution in [0, 0.1) is 12.8 Å². The Bertz CT molecular complexity index is 1240. The van der Waals surface area contributed by atoms with Crippen LogP contribution >= 0.6 is 11.3 Å². The van der Waals surface area contributed by atoms with E-state index in [2.05, 4.69) is 51.2 Å². The van der Waals surface area contributed by atoms with Crippen molar-refractivity contribution in [3.8, 4) is 11.3 Å². The van der Waals surface area contributed by atoms with Gasteiger partial charge in [-0.15, -0.1) is 5.10 Å². The fourth-order valence-electron chi connectivity index (χ4n) is 4.38. The molecule has 0 radical (unpaired) electrons. The lowest BCUT2D eigenvalue weighted by molar-refractivity contribution is -0.151. The monoisotopic (exact) mass is 512 g/mol.